The van der Waals surface area contributed by atoms with Crippen molar-refractivity contribution in [3.05, 3.63) is 36.0 Å². The number of para-hydroxylation sites is 1. The van der Waals surface area contributed by atoms with Crippen molar-refractivity contribution in [2.75, 3.05) is 0 Å². The molecule has 1 aliphatic rings. The molecule has 0 spiro atoms. The van der Waals surface area contributed by atoms with Gasteiger partial charge in [-0.15, -0.1) is 0 Å². The largest absolute Gasteiger partial charge is 0.481 e. The quantitative estimate of drug-likeness (QED) is 0.806. The van der Waals surface area contributed by atoms with Crippen molar-refractivity contribution in [3.63, 3.8) is 0 Å². The Morgan fingerprint density at radius 3 is 2.67 bits per heavy atom. The van der Waals surface area contributed by atoms with E-state index in [1.54, 1.807) is 0 Å². The number of hydrogen-bond donors (Lipinski definition) is 3. The molecule has 1 saturated carbocycles. The normalized spacial score (nSPS) is 21.8. The first kappa shape index (κ1) is 16.6. The number of aliphatic carboxylic acids is 1. The van der Waals surface area contributed by atoms with Gasteiger partial charge in [-0.05, 0) is 24.5 Å². The molecule has 1 aliphatic carbocycles. The van der Waals surface area contributed by atoms with E-state index in [1.165, 1.54) is 0 Å². The second kappa shape index (κ2) is 7.51. The molecule has 0 bridgehead atoms. The lowest BCUT2D eigenvalue weighted by molar-refractivity contribution is -0.143. The number of rotatable bonds is 4. The van der Waals surface area contributed by atoms with Crippen LogP contribution in [0.3, 0.4) is 0 Å². The summed E-state index contributed by atoms with van der Waals surface area (Å²) in [5, 5.41) is 13.5. The maximum atomic E-state index is 12.5. The zero-order valence-electron chi connectivity index (χ0n) is 13.8. The van der Waals surface area contributed by atoms with Gasteiger partial charge in [-0.1, -0.05) is 43.9 Å². The predicted molar refractivity (Wildman–Crippen MR) is 92.8 cm³/mol. The van der Waals surface area contributed by atoms with Crippen LogP contribution in [0.5, 0.6) is 0 Å². The fourth-order valence-electron chi connectivity index (χ4n) is 3.66. The van der Waals surface area contributed by atoms with Gasteiger partial charge in [0.15, 0.2) is 0 Å². The summed E-state index contributed by atoms with van der Waals surface area (Å²) in [6.45, 7) is 0. The lowest BCUT2D eigenvalue weighted by Gasteiger charge is -2.27. The number of amides is 1. The molecule has 1 heterocycles. The van der Waals surface area contributed by atoms with Crippen molar-refractivity contribution in [3.8, 4) is 0 Å². The van der Waals surface area contributed by atoms with Crippen LogP contribution in [0.25, 0.3) is 10.9 Å². The molecule has 0 saturated heterocycles. The summed E-state index contributed by atoms with van der Waals surface area (Å²) < 4.78 is 0. The number of nitrogens with one attached hydrogen (secondary N) is 2. The van der Waals surface area contributed by atoms with E-state index < -0.39 is 11.9 Å². The standard InChI is InChI=1S/C19H24N2O3/c22-18(11-13-12-20-16-9-6-5-7-14(13)16)21-17-10-4-2-1-3-8-15(17)19(23)24/h5-7,9,12,15,17,20H,1-4,8,10-11H2,(H,21,22)(H,23,24). The molecule has 2 aromatic rings. The van der Waals surface area contributed by atoms with Gasteiger partial charge in [-0.2, -0.15) is 0 Å². The Hall–Kier alpha value is -2.30. The van der Waals surface area contributed by atoms with Gasteiger partial charge >= 0.3 is 5.97 Å². The molecule has 24 heavy (non-hydrogen) atoms. The average Bonchev–Trinajstić information content (AvgIpc) is 2.93. The van der Waals surface area contributed by atoms with Crippen LogP contribution >= 0.6 is 0 Å². The number of carbonyl (C=O) groups excluding carboxylic acids is 1. The van der Waals surface area contributed by atoms with Crippen LogP contribution in [0.15, 0.2) is 30.5 Å². The van der Waals surface area contributed by atoms with Gasteiger partial charge in [0.1, 0.15) is 0 Å². The molecule has 128 valence electrons. The third kappa shape index (κ3) is 3.78. The SMILES string of the molecule is O=C(Cc1c[nH]c2ccccc12)NC1CCCCCCC1C(=O)O. The van der Waals surface area contributed by atoms with Crippen LogP contribution in [-0.2, 0) is 16.0 Å². The zero-order chi connectivity index (χ0) is 16.9. The third-order valence-corrected chi connectivity index (χ3v) is 4.96. The first-order valence-corrected chi connectivity index (χ1v) is 8.72. The fraction of sp³-hybridized carbons (Fsp3) is 0.474. The average molecular weight is 328 g/mol. The monoisotopic (exact) mass is 328 g/mol. The maximum absolute atomic E-state index is 12.5. The van der Waals surface area contributed by atoms with E-state index >= 15 is 0 Å². The lowest BCUT2D eigenvalue weighted by Crippen LogP contribution is -2.44. The smallest absolute Gasteiger partial charge is 0.308 e. The van der Waals surface area contributed by atoms with E-state index in [-0.39, 0.29) is 18.4 Å². The Morgan fingerprint density at radius 1 is 1.12 bits per heavy atom. The van der Waals surface area contributed by atoms with Crippen LogP contribution in [0.4, 0.5) is 0 Å². The molecule has 5 heteroatoms. The molecule has 1 aromatic carbocycles. The van der Waals surface area contributed by atoms with E-state index in [2.05, 4.69) is 10.3 Å². The highest BCUT2D eigenvalue weighted by Crippen LogP contribution is 2.24. The Morgan fingerprint density at radius 2 is 1.88 bits per heavy atom. The highest BCUT2D eigenvalue weighted by Gasteiger charge is 2.29. The first-order chi connectivity index (χ1) is 11.6. The van der Waals surface area contributed by atoms with Gasteiger partial charge < -0.3 is 15.4 Å². The highest BCUT2D eigenvalue weighted by molar-refractivity contribution is 5.89. The van der Waals surface area contributed by atoms with Crippen molar-refractivity contribution >= 4 is 22.8 Å². The van der Waals surface area contributed by atoms with Crippen molar-refractivity contribution in [2.45, 2.75) is 51.0 Å². The predicted octanol–water partition coefficient (Wildman–Crippen LogP) is 3.25. The van der Waals surface area contributed by atoms with E-state index in [9.17, 15) is 14.7 Å². The fourth-order valence-corrected chi connectivity index (χ4v) is 3.66. The minimum absolute atomic E-state index is 0.100. The van der Waals surface area contributed by atoms with Crippen LogP contribution in [0, 0.1) is 5.92 Å². The zero-order valence-corrected chi connectivity index (χ0v) is 13.8. The topological polar surface area (TPSA) is 82.2 Å². The Balaban J connectivity index is 1.68. The highest BCUT2D eigenvalue weighted by atomic mass is 16.4. The number of aromatic amines is 1. The van der Waals surface area contributed by atoms with Gasteiger partial charge in [-0.3, -0.25) is 9.59 Å². The summed E-state index contributed by atoms with van der Waals surface area (Å²) in [7, 11) is 0. The van der Waals surface area contributed by atoms with Crippen molar-refractivity contribution < 1.29 is 14.7 Å². The molecule has 0 radical (unpaired) electrons. The minimum Gasteiger partial charge on any atom is -0.481 e. The lowest BCUT2D eigenvalue weighted by atomic mass is 9.86. The van der Waals surface area contributed by atoms with Gasteiger partial charge in [0.05, 0.1) is 12.3 Å². The summed E-state index contributed by atoms with van der Waals surface area (Å²) in [6, 6.07) is 7.61. The van der Waals surface area contributed by atoms with Gasteiger partial charge in [0, 0.05) is 23.1 Å². The van der Waals surface area contributed by atoms with Crippen molar-refractivity contribution in [1.82, 2.24) is 10.3 Å². The first-order valence-electron chi connectivity index (χ1n) is 8.72. The van der Waals surface area contributed by atoms with Crippen LogP contribution in [0.2, 0.25) is 0 Å². The molecule has 1 fully saturated rings. The summed E-state index contributed by atoms with van der Waals surface area (Å²) in [5.41, 5.74) is 1.95. The number of fused-ring (bicyclic) bond motifs is 1. The Bertz CT molecular complexity index is 722. The van der Waals surface area contributed by atoms with Gasteiger partial charge in [-0.25, -0.2) is 0 Å². The van der Waals surface area contributed by atoms with Crippen LogP contribution in [-0.4, -0.2) is 28.0 Å². The van der Waals surface area contributed by atoms with E-state index in [4.69, 9.17) is 0 Å². The second-order valence-electron chi connectivity index (χ2n) is 6.65. The minimum atomic E-state index is -0.797. The van der Waals surface area contributed by atoms with Crippen molar-refractivity contribution in [1.29, 1.82) is 0 Å². The molecule has 1 aromatic heterocycles. The van der Waals surface area contributed by atoms with E-state index in [0.29, 0.717) is 6.42 Å². The molecule has 2 unspecified atom stereocenters. The number of hydrogen-bond acceptors (Lipinski definition) is 2. The molecule has 5 nitrogen and oxygen atoms in total. The number of carboxylic acid groups (broad SMARTS) is 1. The van der Waals surface area contributed by atoms with E-state index in [0.717, 1.165) is 48.6 Å². The summed E-state index contributed by atoms with van der Waals surface area (Å²) in [4.78, 5) is 27.2. The number of H-pyrrole nitrogens is 1. The van der Waals surface area contributed by atoms with E-state index in [1.807, 2.05) is 30.5 Å². The van der Waals surface area contributed by atoms with Gasteiger partial charge in [0.25, 0.3) is 0 Å². The summed E-state index contributed by atoms with van der Waals surface area (Å²) in [5.74, 6) is -1.37. The number of aromatic nitrogens is 1. The summed E-state index contributed by atoms with van der Waals surface area (Å²) in [6.07, 6.45) is 7.61. The van der Waals surface area contributed by atoms with Crippen LogP contribution < -0.4 is 5.32 Å². The maximum Gasteiger partial charge on any atom is 0.308 e. The number of carbonyl (C=O) groups is 2. The Kier molecular flexibility index (Phi) is 5.18. The molecule has 2 atom stereocenters. The molecule has 0 aliphatic heterocycles. The molecule has 3 N–H and O–H groups in total. The second-order valence-corrected chi connectivity index (χ2v) is 6.65. The van der Waals surface area contributed by atoms with Gasteiger partial charge in [0.2, 0.25) is 5.91 Å². The number of carboxylic acids is 1. The third-order valence-electron chi connectivity index (χ3n) is 4.96. The number of benzene rings is 1. The molecular weight excluding hydrogens is 304 g/mol. The molecule has 3 rings (SSSR count). The Labute approximate surface area is 141 Å². The van der Waals surface area contributed by atoms with Crippen LogP contribution in [0.1, 0.15) is 44.1 Å². The molecule has 1 amide bonds. The molecular formula is C19H24N2O3. The van der Waals surface area contributed by atoms with Crippen molar-refractivity contribution in [2.24, 2.45) is 5.92 Å². The summed E-state index contributed by atoms with van der Waals surface area (Å²) >= 11 is 0.